The van der Waals surface area contributed by atoms with Crippen LogP contribution in [0.2, 0.25) is 0 Å². The van der Waals surface area contributed by atoms with Crippen molar-refractivity contribution < 1.29 is 47.3 Å². The number of rotatable bonds is 13. The molecule has 77 heavy (non-hydrogen) atoms. The molecular weight excluding hydrogens is 993 g/mol. The SMILES string of the molecule is C#Cc1c(F)ccc2cc(O)cc(-c3ncc4c(N5CC6CCC(C5)N6)nc(OC[C@@]56CC[C@@H](COC(=O)N7CCN(CCCNc8ccc9c(c8)C(=O)N(C8CCC(=O)NC8=O)C9=O)CC7)N5CC(=C)C6)nc4c3F)c12. The summed E-state index contributed by atoms with van der Waals surface area (Å²) < 4.78 is 44.9. The van der Waals surface area contributed by atoms with Gasteiger partial charge in [0, 0.05) is 99.7 Å². The zero-order valence-electron chi connectivity index (χ0n) is 42.3. The molecule has 3 aromatic carbocycles. The predicted octanol–water partition coefficient (Wildman–Crippen LogP) is 4.95. The number of imide groups is 2. The summed E-state index contributed by atoms with van der Waals surface area (Å²) in [6.45, 7) is 10.3. The first kappa shape index (κ1) is 50.0. The first-order chi connectivity index (χ1) is 37.2. The normalized spacial score (nSPS) is 24.4. The maximum atomic E-state index is 17.3. The molecule has 21 heteroatoms. The molecule has 6 saturated heterocycles. The highest BCUT2D eigenvalue weighted by Gasteiger charge is 2.52. The fraction of sp³-hybridized carbons (Fsp3) is 0.429. The molecule has 6 fully saturated rings. The molecule has 398 valence electrons. The van der Waals surface area contributed by atoms with E-state index >= 15 is 8.78 Å². The van der Waals surface area contributed by atoms with E-state index in [0.717, 1.165) is 49.1 Å². The molecule has 5 amide bonds. The molecule has 0 spiro atoms. The predicted molar refractivity (Wildman–Crippen MR) is 279 cm³/mol. The van der Waals surface area contributed by atoms with E-state index in [4.69, 9.17) is 25.9 Å². The fourth-order valence-corrected chi connectivity index (χ4v) is 12.7. The number of ether oxygens (including phenoxy) is 2. The van der Waals surface area contributed by atoms with Crippen molar-refractivity contribution in [2.75, 3.05) is 82.3 Å². The van der Waals surface area contributed by atoms with Crippen LogP contribution < -0.4 is 25.6 Å². The Hall–Kier alpha value is -7.80. The number of piperazine rings is 2. The summed E-state index contributed by atoms with van der Waals surface area (Å²) >= 11 is 0. The van der Waals surface area contributed by atoms with Gasteiger partial charge in [-0.1, -0.05) is 24.1 Å². The molecule has 19 nitrogen and oxygen atoms in total. The minimum atomic E-state index is -1.02. The van der Waals surface area contributed by atoms with E-state index in [1.165, 1.54) is 30.5 Å². The van der Waals surface area contributed by atoms with Crippen LogP contribution in [0.25, 0.3) is 32.9 Å². The van der Waals surface area contributed by atoms with Crippen LogP contribution in [0.5, 0.6) is 11.8 Å². The zero-order chi connectivity index (χ0) is 53.3. The lowest BCUT2D eigenvalue weighted by atomic mass is 9.94. The highest BCUT2D eigenvalue weighted by atomic mass is 19.1. The van der Waals surface area contributed by atoms with E-state index < -0.39 is 46.8 Å². The number of piperidine rings is 1. The summed E-state index contributed by atoms with van der Waals surface area (Å²) in [5.41, 5.74) is 1.49. The fourth-order valence-electron chi connectivity index (χ4n) is 12.7. The van der Waals surface area contributed by atoms with Crippen LogP contribution in [0.4, 0.5) is 25.1 Å². The minimum absolute atomic E-state index is 0.0141. The minimum Gasteiger partial charge on any atom is -0.508 e. The maximum Gasteiger partial charge on any atom is 0.409 e. The van der Waals surface area contributed by atoms with Crippen LogP contribution in [0, 0.1) is 24.0 Å². The van der Waals surface area contributed by atoms with Crippen molar-refractivity contribution in [3.05, 3.63) is 89.1 Å². The molecule has 0 saturated carbocycles. The molecule has 9 heterocycles. The van der Waals surface area contributed by atoms with Gasteiger partial charge in [-0.2, -0.15) is 9.97 Å². The molecule has 7 aliphatic heterocycles. The van der Waals surface area contributed by atoms with Crippen LogP contribution in [0.15, 0.2) is 60.8 Å². The Balaban J connectivity index is 0.669. The van der Waals surface area contributed by atoms with Gasteiger partial charge in [0.2, 0.25) is 11.8 Å². The van der Waals surface area contributed by atoms with Gasteiger partial charge >= 0.3 is 12.1 Å². The molecule has 0 radical (unpaired) electrons. The number of fused-ring (bicyclic) bond motifs is 6. The Morgan fingerprint density at radius 3 is 2.53 bits per heavy atom. The van der Waals surface area contributed by atoms with Crippen LogP contribution in [-0.2, 0) is 14.3 Å². The van der Waals surface area contributed by atoms with Crippen molar-refractivity contribution in [2.45, 2.75) is 81.1 Å². The molecule has 5 aromatic rings. The van der Waals surface area contributed by atoms with E-state index in [2.05, 4.69) is 48.1 Å². The first-order valence-electron chi connectivity index (χ1n) is 26.3. The second kappa shape index (κ2) is 20.0. The molecule has 3 unspecified atom stereocenters. The van der Waals surface area contributed by atoms with Crippen molar-refractivity contribution in [1.29, 1.82) is 0 Å². The maximum absolute atomic E-state index is 17.3. The van der Waals surface area contributed by atoms with Crippen LogP contribution >= 0.6 is 0 Å². The molecule has 0 aliphatic carbocycles. The standard InChI is InChI=1S/C56H57F2N11O8/c1-3-38-43(57)10-5-32-21-37(70)23-41(46(32)38)48-47(58)49-42(25-60-48)50(67-27-34-6-7-35(28-67)61-34)64-54(63-49)77-30-56-14-13-36(68(56)26-31(2)24-56)29-76-55(75)66-19-17-65(18-20-66)16-4-15-59-33-8-9-39-40(22-33)53(74)69(52(39)73)44-11-12-45(71)62-51(44)72/h1,5,8-10,21-23,25,34-36,44,59,61,70H,2,4,6-7,11-20,24,26-30H2,(H,62,71,72)/t34?,35?,36-,44?,56-/m0/s1. The number of aromatic nitrogens is 3. The first-order valence-corrected chi connectivity index (χ1v) is 26.3. The number of terminal acetylenes is 1. The van der Waals surface area contributed by atoms with E-state index in [-0.39, 0.29) is 101 Å². The second-order valence-electron chi connectivity index (χ2n) is 21.4. The van der Waals surface area contributed by atoms with E-state index in [1.54, 1.807) is 23.1 Å². The van der Waals surface area contributed by atoms with Crippen LogP contribution in [-0.4, -0.2) is 171 Å². The van der Waals surface area contributed by atoms with E-state index in [1.807, 2.05) is 0 Å². The third kappa shape index (κ3) is 9.20. The molecule has 2 bridgehead atoms. The number of amides is 5. The van der Waals surface area contributed by atoms with Gasteiger partial charge in [0.1, 0.15) is 47.9 Å². The number of benzene rings is 3. The zero-order valence-corrected chi connectivity index (χ0v) is 42.3. The van der Waals surface area contributed by atoms with Crippen molar-refractivity contribution in [2.24, 2.45) is 0 Å². The lowest BCUT2D eigenvalue weighted by molar-refractivity contribution is -0.136. The summed E-state index contributed by atoms with van der Waals surface area (Å²) in [5.74, 6) is -0.912. The van der Waals surface area contributed by atoms with Crippen molar-refractivity contribution in [3.8, 4) is 35.4 Å². The average Bonchev–Trinajstić information content (AvgIpc) is 4.19. The lowest BCUT2D eigenvalue weighted by Crippen LogP contribution is -2.54. The summed E-state index contributed by atoms with van der Waals surface area (Å²) in [6, 6.07) is 9.75. The van der Waals surface area contributed by atoms with E-state index in [9.17, 15) is 29.1 Å². The summed E-state index contributed by atoms with van der Waals surface area (Å²) in [5, 5.41) is 21.0. The number of carbonyl (C=O) groups excluding carboxylic acids is 5. The van der Waals surface area contributed by atoms with Crippen LogP contribution in [0.3, 0.4) is 0 Å². The van der Waals surface area contributed by atoms with Gasteiger partial charge < -0.3 is 35.0 Å². The number of nitrogens with zero attached hydrogens (tertiary/aromatic N) is 8. The second-order valence-corrected chi connectivity index (χ2v) is 21.4. The molecule has 5 atom stereocenters. The number of phenols is 1. The van der Waals surface area contributed by atoms with Gasteiger partial charge in [0.25, 0.3) is 11.8 Å². The summed E-state index contributed by atoms with van der Waals surface area (Å²) in [6.07, 6.45) is 12.0. The number of hydrogen-bond acceptors (Lipinski definition) is 16. The number of anilines is 2. The average molecular weight is 1050 g/mol. The summed E-state index contributed by atoms with van der Waals surface area (Å²) in [7, 11) is 0. The monoisotopic (exact) mass is 1050 g/mol. The van der Waals surface area contributed by atoms with Gasteiger partial charge in [-0.15, -0.1) is 6.42 Å². The van der Waals surface area contributed by atoms with Gasteiger partial charge in [0.05, 0.1) is 27.6 Å². The van der Waals surface area contributed by atoms with Crippen molar-refractivity contribution in [1.82, 2.24) is 45.2 Å². The Kier molecular flexibility index (Phi) is 13.0. The number of carbonyl (C=O) groups is 5. The number of pyridine rings is 1. The topological polar surface area (TPSA) is 215 Å². The van der Waals surface area contributed by atoms with Crippen LogP contribution in [0.1, 0.15) is 77.6 Å². The summed E-state index contributed by atoms with van der Waals surface area (Å²) in [4.78, 5) is 87.5. The quantitative estimate of drug-likeness (QED) is 0.0532. The number of halogens is 2. The Bertz CT molecular complexity index is 3350. The molecule has 7 aliphatic rings. The largest absolute Gasteiger partial charge is 0.508 e. The van der Waals surface area contributed by atoms with Gasteiger partial charge in [-0.05, 0) is 93.3 Å². The highest BCUT2D eigenvalue weighted by Crippen LogP contribution is 2.45. The lowest BCUT2D eigenvalue weighted by Gasteiger charge is -2.36. The molecule has 12 rings (SSSR count). The molecule has 4 N–H and O–H groups in total. The third-order valence-corrected chi connectivity index (χ3v) is 16.5. The number of hydrogen-bond donors (Lipinski definition) is 4. The highest BCUT2D eigenvalue weighted by molar-refractivity contribution is 6.23. The number of aromatic hydroxyl groups is 1. The molecular formula is C56H57F2N11O8. The van der Waals surface area contributed by atoms with Gasteiger partial charge in [0.15, 0.2) is 5.82 Å². The smallest absolute Gasteiger partial charge is 0.409 e. The van der Waals surface area contributed by atoms with Crippen molar-refractivity contribution >= 4 is 62.9 Å². The number of phenolic OH excluding ortho intramolecular Hbond substituents is 1. The molecule has 2 aromatic heterocycles. The number of nitrogens with one attached hydrogen (secondary N) is 3. The Labute approximate surface area is 441 Å². The Morgan fingerprint density at radius 1 is 0.961 bits per heavy atom. The van der Waals surface area contributed by atoms with Gasteiger partial charge in [-0.25, -0.2) is 13.6 Å². The van der Waals surface area contributed by atoms with E-state index in [0.29, 0.717) is 81.1 Å². The van der Waals surface area contributed by atoms with Gasteiger partial charge in [-0.3, -0.25) is 44.2 Å². The Morgan fingerprint density at radius 2 is 1.75 bits per heavy atom. The van der Waals surface area contributed by atoms with Crippen molar-refractivity contribution in [3.63, 3.8) is 0 Å². The third-order valence-electron chi connectivity index (χ3n) is 16.5.